The number of primary amides is 1. The van der Waals surface area contributed by atoms with Gasteiger partial charge in [0.1, 0.15) is 29.8 Å². The summed E-state index contributed by atoms with van der Waals surface area (Å²) in [7, 11) is 0. The van der Waals surface area contributed by atoms with E-state index in [0.717, 1.165) is 11.1 Å². The second-order valence-corrected chi connectivity index (χ2v) is 15.0. The van der Waals surface area contributed by atoms with Crippen molar-refractivity contribution in [1.82, 2.24) is 31.9 Å². The summed E-state index contributed by atoms with van der Waals surface area (Å²) < 4.78 is 5.43. The maximum Gasteiger partial charge on any atom is 0.408 e. The molecule has 0 aromatic heterocycles. The van der Waals surface area contributed by atoms with Crippen molar-refractivity contribution in [2.75, 3.05) is 13.1 Å². The fourth-order valence-corrected chi connectivity index (χ4v) is 6.09. The molecule has 306 valence electrons. The van der Waals surface area contributed by atoms with E-state index in [2.05, 4.69) is 31.9 Å². The van der Waals surface area contributed by atoms with Crippen LogP contribution in [0.1, 0.15) is 96.1 Å². The fourth-order valence-electron chi connectivity index (χ4n) is 6.09. The third-order valence-corrected chi connectivity index (χ3v) is 9.07. The van der Waals surface area contributed by atoms with Crippen molar-refractivity contribution < 1.29 is 38.3 Å². The Bertz CT molecular complexity index is 1600. The fraction of sp³-hybridized carbons (Fsp3) is 0.537. The van der Waals surface area contributed by atoms with E-state index < -0.39 is 59.5 Å². The lowest BCUT2D eigenvalue weighted by atomic mass is 10.0. The Morgan fingerprint density at radius 2 is 1.23 bits per heavy atom. The van der Waals surface area contributed by atoms with Crippen LogP contribution < -0.4 is 37.6 Å². The molecule has 15 nitrogen and oxygen atoms in total. The highest BCUT2D eigenvalue weighted by atomic mass is 16.6. The molecule has 1 saturated heterocycles. The van der Waals surface area contributed by atoms with Gasteiger partial charge >= 0.3 is 6.09 Å². The summed E-state index contributed by atoms with van der Waals surface area (Å²) in [5.41, 5.74) is 6.51. The number of hydrogen-bond donors (Lipinski definition) is 7. The SMILES string of the molecule is CC(C)(C)OC(=O)NC1CCCCNC(=O)CCCC(=O)NCCCCC(C(N)=O)NC(=O)[C@H](Cc2ccccc2)NC(=O)C(CCc2ccccc2)NC1=O. The van der Waals surface area contributed by atoms with Crippen molar-refractivity contribution in [1.29, 1.82) is 0 Å². The van der Waals surface area contributed by atoms with Gasteiger partial charge in [-0.1, -0.05) is 60.7 Å². The first-order chi connectivity index (χ1) is 26.7. The first kappa shape index (κ1) is 44.9. The number of amides is 7. The third kappa shape index (κ3) is 17.8. The van der Waals surface area contributed by atoms with Gasteiger partial charge in [0.05, 0.1) is 0 Å². The van der Waals surface area contributed by atoms with Crippen LogP contribution in [0.3, 0.4) is 0 Å². The van der Waals surface area contributed by atoms with Crippen LogP contribution in [0, 0.1) is 0 Å². The summed E-state index contributed by atoms with van der Waals surface area (Å²) >= 11 is 0. The quantitative estimate of drug-likeness (QED) is 0.221. The summed E-state index contributed by atoms with van der Waals surface area (Å²) in [4.78, 5) is 92.0. The summed E-state index contributed by atoms with van der Waals surface area (Å²) in [6, 6.07) is 14.0. The van der Waals surface area contributed by atoms with Crippen molar-refractivity contribution in [3.63, 3.8) is 0 Å². The van der Waals surface area contributed by atoms with Gasteiger partial charge in [-0.15, -0.1) is 0 Å². The molecule has 0 radical (unpaired) electrons. The van der Waals surface area contributed by atoms with E-state index in [0.29, 0.717) is 51.6 Å². The van der Waals surface area contributed by atoms with Crippen LogP contribution in [-0.2, 0) is 46.3 Å². The summed E-state index contributed by atoms with van der Waals surface area (Å²) in [5.74, 6) is -3.06. The minimum Gasteiger partial charge on any atom is -0.444 e. The van der Waals surface area contributed by atoms with E-state index in [-0.39, 0.29) is 50.3 Å². The highest BCUT2D eigenvalue weighted by molar-refractivity contribution is 5.95. The second-order valence-electron chi connectivity index (χ2n) is 15.0. The Labute approximate surface area is 329 Å². The van der Waals surface area contributed by atoms with E-state index >= 15 is 0 Å². The molecule has 3 rings (SSSR count). The molecule has 1 aliphatic heterocycles. The molecule has 2 aromatic carbocycles. The molecule has 1 fully saturated rings. The molecule has 56 heavy (non-hydrogen) atoms. The van der Waals surface area contributed by atoms with Crippen molar-refractivity contribution in [2.24, 2.45) is 5.73 Å². The average molecular weight is 778 g/mol. The zero-order valence-electron chi connectivity index (χ0n) is 32.8. The normalized spacial score (nSPS) is 22.0. The molecule has 0 saturated carbocycles. The Hall–Kier alpha value is -5.47. The Kier molecular flexibility index (Phi) is 18.8. The molecule has 15 heteroatoms. The van der Waals surface area contributed by atoms with Gasteiger partial charge in [0.15, 0.2) is 0 Å². The van der Waals surface area contributed by atoms with E-state index in [4.69, 9.17) is 10.5 Å². The van der Waals surface area contributed by atoms with Crippen LogP contribution in [0.4, 0.5) is 4.79 Å². The highest BCUT2D eigenvalue weighted by Crippen LogP contribution is 2.12. The first-order valence-electron chi connectivity index (χ1n) is 19.5. The van der Waals surface area contributed by atoms with Gasteiger partial charge in [-0.2, -0.15) is 0 Å². The van der Waals surface area contributed by atoms with Gasteiger partial charge in [-0.05, 0) is 89.7 Å². The van der Waals surface area contributed by atoms with Gasteiger partial charge < -0.3 is 42.4 Å². The maximum absolute atomic E-state index is 14.2. The molecule has 1 aliphatic rings. The number of rotatable bonds is 7. The summed E-state index contributed by atoms with van der Waals surface area (Å²) in [6.07, 6.45) is 2.78. The third-order valence-electron chi connectivity index (χ3n) is 9.07. The Morgan fingerprint density at radius 3 is 1.80 bits per heavy atom. The summed E-state index contributed by atoms with van der Waals surface area (Å²) in [5, 5.41) is 16.6. The molecule has 4 atom stereocenters. The van der Waals surface area contributed by atoms with Gasteiger partial charge in [0.25, 0.3) is 0 Å². The number of carbonyl (C=O) groups excluding carboxylic acids is 7. The van der Waals surface area contributed by atoms with Gasteiger partial charge in [0, 0.05) is 32.4 Å². The number of carbonyl (C=O) groups is 7. The summed E-state index contributed by atoms with van der Waals surface area (Å²) in [6.45, 7) is 5.76. The molecular weight excluding hydrogens is 718 g/mol. The molecular formula is C41H59N7O8. The minimum atomic E-state index is -1.15. The molecule has 8 N–H and O–H groups in total. The zero-order chi connectivity index (χ0) is 40.9. The number of nitrogens with one attached hydrogen (secondary N) is 6. The smallest absolute Gasteiger partial charge is 0.408 e. The van der Waals surface area contributed by atoms with Gasteiger partial charge in [0.2, 0.25) is 35.4 Å². The zero-order valence-corrected chi connectivity index (χ0v) is 32.8. The number of benzene rings is 2. The molecule has 2 aromatic rings. The first-order valence-corrected chi connectivity index (χ1v) is 19.5. The monoisotopic (exact) mass is 777 g/mol. The molecule has 0 aliphatic carbocycles. The molecule has 0 bridgehead atoms. The van der Waals surface area contributed by atoms with E-state index in [1.807, 2.05) is 36.4 Å². The second kappa shape index (κ2) is 23.4. The van der Waals surface area contributed by atoms with Crippen LogP contribution in [0.2, 0.25) is 0 Å². The van der Waals surface area contributed by atoms with Crippen LogP contribution in [0.5, 0.6) is 0 Å². The lowest BCUT2D eigenvalue weighted by molar-refractivity contribution is -0.133. The van der Waals surface area contributed by atoms with Crippen molar-refractivity contribution in [2.45, 2.75) is 128 Å². The predicted octanol–water partition coefficient (Wildman–Crippen LogP) is 2.45. The van der Waals surface area contributed by atoms with E-state index in [1.54, 1.807) is 45.0 Å². The number of nitrogens with two attached hydrogens (primary N) is 1. The van der Waals surface area contributed by atoms with Crippen LogP contribution in [-0.4, -0.2) is 84.4 Å². The molecule has 0 spiro atoms. The van der Waals surface area contributed by atoms with E-state index in [9.17, 15) is 33.6 Å². The van der Waals surface area contributed by atoms with Crippen LogP contribution in [0.25, 0.3) is 0 Å². The number of alkyl carbamates (subject to hydrolysis) is 1. The number of ether oxygens (including phenoxy) is 1. The largest absolute Gasteiger partial charge is 0.444 e. The van der Waals surface area contributed by atoms with Gasteiger partial charge in [-0.25, -0.2) is 4.79 Å². The van der Waals surface area contributed by atoms with Gasteiger partial charge in [-0.3, -0.25) is 28.8 Å². The molecule has 1 heterocycles. The minimum absolute atomic E-state index is 0.0780. The number of hydrogen-bond acceptors (Lipinski definition) is 8. The Balaban J connectivity index is 1.92. The van der Waals surface area contributed by atoms with E-state index in [1.165, 1.54) is 0 Å². The number of aryl methyl sites for hydroxylation is 1. The standard InChI is InChI=1S/C41H59N7O8/c1-41(2,3)56-40(55)48-31-20-11-13-26-44-35(50)22-14-21-34(49)43-25-12-10-19-30(36(42)51)45-39(54)33(27-29-17-8-5-9-18-29)47-38(53)32(46-37(31)52)24-23-28-15-6-4-7-16-28/h4-9,15-18,30-33H,10-14,19-27H2,1-3H3,(H2,42,51)(H,43,49)(H,44,50)(H,45,54)(H,46,52)(H,47,53)(H,48,55)/t30?,31?,32?,33-/m0/s1. The van der Waals surface area contributed by atoms with Crippen LogP contribution in [0.15, 0.2) is 60.7 Å². The molecule has 7 amide bonds. The topological polar surface area (TPSA) is 227 Å². The predicted molar refractivity (Wildman–Crippen MR) is 211 cm³/mol. The lowest BCUT2D eigenvalue weighted by Gasteiger charge is -2.27. The van der Waals surface area contributed by atoms with Crippen molar-refractivity contribution >= 4 is 41.5 Å². The maximum atomic E-state index is 14.2. The van der Waals surface area contributed by atoms with Crippen LogP contribution >= 0.6 is 0 Å². The van der Waals surface area contributed by atoms with Crippen molar-refractivity contribution in [3.05, 3.63) is 71.8 Å². The average Bonchev–Trinajstić information content (AvgIpc) is 3.14. The lowest BCUT2D eigenvalue weighted by Crippen LogP contribution is -2.58. The highest BCUT2D eigenvalue weighted by Gasteiger charge is 2.32. The Morgan fingerprint density at radius 1 is 0.696 bits per heavy atom. The van der Waals surface area contributed by atoms with Crippen molar-refractivity contribution in [3.8, 4) is 0 Å². The molecule has 3 unspecified atom stereocenters.